The van der Waals surface area contributed by atoms with Gasteiger partial charge in [0, 0.05) is 22.3 Å². The average molecular weight is 367 g/mol. The number of carbonyl (C=O) groups excluding carboxylic acids is 2. The van der Waals surface area contributed by atoms with E-state index in [-0.39, 0.29) is 12.3 Å². The highest BCUT2D eigenvalue weighted by Gasteiger charge is 2.09. The van der Waals surface area contributed by atoms with E-state index in [2.05, 4.69) is 20.4 Å². The molecule has 132 valence electrons. The molecule has 6 nitrogen and oxygen atoms in total. The van der Waals surface area contributed by atoms with Crippen molar-refractivity contribution in [3.63, 3.8) is 0 Å². The first-order valence-corrected chi connectivity index (χ1v) is 8.77. The number of methoxy groups -OCH3 is 1. The lowest BCUT2D eigenvalue weighted by molar-refractivity contribution is -0.115. The van der Waals surface area contributed by atoms with E-state index in [0.29, 0.717) is 11.4 Å². The van der Waals surface area contributed by atoms with Crippen LogP contribution in [0, 0.1) is 0 Å². The number of hydrogen-bond acceptors (Lipinski definition) is 5. The second kappa shape index (κ2) is 8.26. The number of rotatable bonds is 5. The maximum Gasteiger partial charge on any atom is 0.411 e. The van der Waals surface area contributed by atoms with Crippen LogP contribution in [0.1, 0.15) is 5.69 Å². The van der Waals surface area contributed by atoms with Crippen molar-refractivity contribution in [1.82, 2.24) is 4.98 Å². The molecule has 0 saturated carbocycles. The van der Waals surface area contributed by atoms with E-state index in [1.807, 2.05) is 35.7 Å². The minimum atomic E-state index is -0.542. The smallest absolute Gasteiger partial charge is 0.411 e. The zero-order chi connectivity index (χ0) is 18.4. The highest BCUT2D eigenvalue weighted by atomic mass is 32.1. The highest BCUT2D eigenvalue weighted by Crippen LogP contribution is 2.23. The maximum atomic E-state index is 12.2. The molecule has 2 aromatic carbocycles. The van der Waals surface area contributed by atoms with Gasteiger partial charge in [-0.15, -0.1) is 11.3 Å². The summed E-state index contributed by atoms with van der Waals surface area (Å²) in [7, 11) is 1.30. The second-order valence-corrected chi connectivity index (χ2v) is 6.29. The van der Waals surface area contributed by atoms with Gasteiger partial charge < -0.3 is 10.1 Å². The van der Waals surface area contributed by atoms with Crippen LogP contribution in [-0.4, -0.2) is 24.1 Å². The molecule has 3 aromatic rings. The summed E-state index contributed by atoms with van der Waals surface area (Å²) in [5.74, 6) is -0.149. The SMILES string of the molecule is COC(=O)Nc1ccc(NC(=O)Cc2csc(-c3ccccc3)n2)cc1. The van der Waals surface area contributed by atoms with Crippen LogP contribution < -0.4 is 10.6 Å². The quantitative estimate of drug-likeness (QED) is 0.709. The third-order valence-electron chi connectivity index (χ3n) is 3.51. The van der Waals surface area contributed by atoms with Crippen LogP contribution in [0.5, 0.6) is 0 Å². The van der Waals surface area contributed by atoms with E-state index >= 15 is 0 Å². The van der Waals surface area contributed by atoms with Crippen molar-refractivity contribution >= 4 is 34.7 Å². The van der Waals surface area contributed by atoms with Crippen LogP contribution in [0.3, 0.4) is 0 Å². The van der Waals surface area contributed by atoms with Crippen LogP contribution in [0.25, 0.3) is 10.6 Å². The number of ether oxygens (including phenoxy) is 1. The Morgan fingerprint density at radius 1 is 1.00 bits per heavy atom. The number of nitrogens with one attached hydrogen (secondary N) is 2. The molecule has 0 aliphatic heterocycles. The standard InChI is InChI=1S/C19H17N3O3S/c1-25-19(24)22-15-9-7-14(8-10-15)20-17(23)11-16-12-26-18(21-16)13-5-3-2-4-6-13/h2-10,12H,11H2,1H3,(H,20,23)(H,22,24). The molecule has 2 N–H and O–H groups in total. The Bertz CT molecular complexity index is 892. The summed E-state index contributed by atoms with van der Waals surface area (Å²) < 4.78 is 4.52. The lowest BCUT2D eigenvalue weighted by Crippen LogP contribution is -2.15. The van der Waals surface area contributed by atoms with E-state index in [0.717, 1.165) is 16.3 Å². The molecular weight excluding hydrogens is 350 g/mol. The van der Waals surface area contributed by atoms with E-state index < -0.39 is 6.09 Å². The van der Waals surface area contributed by atoms with Gasteiger partial charge in [0.1, 0.15) is 5.01 Å². The van der Waals surface area contributed by atoms with Crippen LogP contribution >= 0.6 is 11.3 Å². The Kier molecular flexibility index (Phi) is 5.60. The normalized spacial score (nSPS) is 10.2. The summed E-state index contributed by atoms with van der Waals surface area (Å²) in [5, 5.41) is 8.15. The zero-order valence-electron chi connectivity index (χ0n) is 14.1. The Morgan fingerprint density at radius 2 is 1.65 bits per heavy atom. The molecule has 1 heterocycles. The molecule has 0 unspecified atom stereocenters. The molecule has 26 heavy (non-hydrogen) atoms. The van der Waals surface area contributed by atoms with E-state index in [1.165, 1.54) is 18.4 Å². The number of amides is 2. The van der Waals surface area contributed by atoms with Crippen LogP contribution in [0.4, 0.5) is 16.2 Å². The summed E-state index contributed by atoms with van der Waals surface area (Å²) in [6.45, 7) is 0. The van der Waals surface area contributed by atoms with Crippen molar-refractivity contribution in [3.05, 3.63) is 65.7 Å². The van der Waals surface area contributed by atoms with E-state index in [1.54, 1.807) is 24.3 Å². The van der Waals surface area contributed by atoms with E-state index in [4.69, 9.17) is 0 Å². The molecule has 0 aliphatic carbocycles. The molecule has 0 bridgehead atoms. The maximum absolute atomic E-state index is 12.2. The monoisotopic (exact) mass is 367 g/mol. The molecule has 0 atom stereocenters. The average Bonchev–Trinajstić information content (AvgIpc) is 3.12. The van der Waals surface area contributed by atoms with E-state index in [9.17, 15) is 9.59 Å². The summed E-state index contributed by atoms with van der Waals surface area (Å²) >= 11 is 1.52. The molecule has 3 rings (SSSR count). The summed E-state index contributed by atoms with van der Waals surface area (Å²) in [6, 6.07) is 16.6. The van der Waals surface area contributed by atoms with Crippen molar-refractivity contribution in [1.29, 1.82) is 0 Å². The molecule has 0 saturated heterocycles. The third kappa shape index (κ3) is 4.67. The van der Waals surface area contributed by atoms with Gasteiger partial charge in [-0.3, -0.25) is 10.1 Å². The second-order valence-electron chi connectivity index (χ2n) is 5.43. The Labute approximate surface area is 154 Å². The Balaban J connectivity index is 1.57. The predicted octanol–water partition coefficient (Wildman–Crippen LogP) is 4.17. The summed E-state index contributed by atoms with van der Waals surface area (Å²) in [4.78, 5) is 27.9. The Morgan fingerprint density at radius 3 is 2.31 bits per heavy atom. The lowest BCUT2D eigenvalue weighted by atomic mass is 10.2. The number of hydrogen-bond donors (Lipinski definition) is 2. The first kappa shape index (κ1) is 17.6. The summed E-state index contributed by atoms with van der Waals surface area (Å²) in [5.41, 5.74) is 3.00. The number of thiazole rings is 1. The fourth-order valence-corrected chi connectivity index (χ4v) is 3.10. The zero-order valence-corrected chi connectivity index (χ0v) is 14.9. The Hall–Kier alpha value is -3.19. The molecule has 1 aromatic heterocycles. The van der Waals surface area contributed by atoms with Gasteiger partial charge in [-0.2, -0.15) is 0 Å². The topological polar surface area (TPSA) is 80.3 Å². The molecule has 2 amide bonds. The largest absolute Gasteiger partial charge is 0.453 e. The lowest BCUT2D eigenvalue weighted by Gasteiger charge is -2.06. The molecule has 0 spiro atoms. The summed E-state index contributed by atoms with van der Waals surface area (Å²) in [6.07, 6.45) is -0.342. The van der Waals surface area contributed by atoms with Crippen molar-refractivity contribution in [2.24, 2.45) is 0 Å². The van der Waals surface area contributed by atoms with Gasteiger partial charge >= 0.3 is 6.09 Å². The number of aromatic nitrogens is 1. The third-order valence-corrected chi connectivity index (χ3v) is 4.45. The fourth-order valence-electron chi connectivity index (χ4n) is 2.28. The van der Waals surface area contributed by atoms with Gasteiger partial charge in [0.25, 0.3) is 0 Å². The van der Waals surface area contributed by atoms with Gasteiger partial charge in [0.05, 0.1) is 19.2 Å². The number of anilines is 2. The fraction of sp³-hybridized carbons (Fsp3) is 0.105. The van der Waals surface area contributed by atoms with Crippen molar-refractivity contribution in [2.75, 3.05) is 17.7 Å². The molecule has 0 aliphatic rings. The number of nitrogens with zero attached hydrogens (tertiary/aromatic N) is 1. The van der Waals surface area contributed by atoms with Gasteiger partial charge in [0.15, 0.2) is 0 Å². The molecule has 0 radical (unpaired) electrons. The minimum Gasteiger partial charge on any atom is -0.453 e. The van der Waals surface area contributed by atoms with Gasteiger partial charge in [-0.25, -0.2) is 9.78 Å². The highest BCUT2D eigenvalue weighted by molar-refractivity contribution is 7.13. The molecule has 7 heteroatoms. The van der Waals surface area contributed by atoms with Crippen LogP contribution in [0.2, 0.25) is 0 Å². The van der Waals surface area contributed by atoms with Crippen molar-refractivity contribution in [2.45, 2.75) is 6.42 Å². The van der Waals surface area contributed by atoms with Crippen LogP contribution in [0.15, 0.2) is 60.0 Å². The first-order valence-electron chi connectivity index (χ1n) is 7.89. The minimum absolute atomic E-state index is 0.149. The molecular formula is C19H17N3O3S. The van der Waals surface area contributed by atoms with Crippen LogP contribution in [-0.2, 0) is 16.0 Å². The first-order chi connectivity index (χ1) is 12.6. The van der Waals surface area contributed by atoms with Gasteiger partial charge in [-0.1, -0.05) is 30.3 Å². The number of benzene rings is 2. The van der Waals surface area contributed by atoms with Gasteiger partial charge in [-0.05, 0) is 24.3 Å². The predicted molar refractivity (Wildman–Crippen MR) is 102 cm³/mol. The number of carbonyl (C=O) groups is 2. The van der Waals surface area contributed by atoms with Gasteiger partial charge in [0.2, 0.25) is 5.91 Å². The van der Waals surface area contributed by atoms with Crippen molar-refractivity contribution in [3.8, 4) is 10.6 Å². The molecule has 0 fully saturated rings. The van der Waals surface area contributed by atoms with Crippen molar-refractivity contribution < 1.29 is 14.3 Å².